The first-order valence-electron chi connectivity index (χ1n) is 6.78. The van der Waals surface area contributed by atoms with Gasteiger partial charge in [0.25, 0.3) is 0 Å². The van der Waals surface area contributed by atoms with E-state index in [1.54, 1.807) is 0 Å². The maximum absolute atomic E-state index is 12.5. The van der Waals surface area contributed by atoms with E-state index >= 15 is 0 Å². The van der Waals surface area contributed by atoms with Crippen molar-refractivity contribution in [2.45, 2.75) is 73.1 Å². The summed E-state index contributed by atoms with van der Waals surface area (Å²) in [4.78, 5) is 14.5. The van der Waals surface area contributed by atoms with E-state index in [2.05, 4.69) is 53.8 Å². The van der Waals surface area contributed by atoms with Gasteiger partial charge < -0.3 is 4.90 Å². The molecule has 1 heterocycles. The Bertz CT molecular complexity index is 282. The zero-order valence-electron chi connectivity index (χ0n) is 12.4. The van der Waals surface area contributed by atoms with E-state index in [9.17, 15) is 4.79 Å². The van der Waals surface area contributed by atoms with Gasteiger partial charge in [0.1, 0.15) is 0 Å². The van der Waals surface area contributed by atoms with Crippen LogP contribution in [0.2, 0.25) is 0 Å². The normalized spacial score (nSPS) is 29.6. The largest absolute Gasteiger partial charge is 0.323 e. The maximum atomic E-state index is 12.5. The SMILES string of the molecule is CCC(C)C1NC(C)N(C(C)C(C)(C)C)C1=O. The molecule has 100 valence electrons. The van der Waals surface area contributed by atoms with Crippen molar-refractivity contribution in [3.63, 3.8) is 0 Å². The van der Waals surface area contributed by atoms with Crippen LogP contribution in [0.4, 0.5) is 0 Å². The molecule has 1 rings (SSSR count). The van der Waals surface area contributed by atoms with E-state index in [1.165, 1.54) is 0 Å². The van der Waals surface area contributed by atoms with Crippen LogP contribution in [0.1, 0.15) is 54.9 Å². The highest BCUT2D eigenvalue weighted by molar-refractivity contribution is 5.85. The molecule has 3 nitrogen and oxygen atoms in total. The molecule has 0 aromatic carbocycles. The highest BCUT2D eigenvalue weighted by Gasteiger charge is 2.43. The Labute approximate surface area is 106 Å². The molecule has 0 aromatic rings. The third kappa shape index (κ3) is 2.82. The molecule has 1 aliphatic rings. The number of amides is 1. The fraction of sp³-hybridized carbons (Fsp3) is 0.929. The quantitative estimate of drug-likeness (QED) is 0.822. The summed E-state index contributed by atoms with van der Waals surface area (Å²) in [5.74, 6) is 0.677. The van der Waals surface area contributed by atoms with E-state index in [0.29, 0.717) is 5.92 Å². The lowest BCUT2D eigenvalue weighted by molar-refractivity contribution is -0.134. The maximum Gasteiger partial charge on any atom is 0.241 e. The molecule has 1 amide bonds. The average Bonchev–Trinajstić information content (AvgIpc) is 2.51. The van der Waals surface area contributed by atoms with Crippen LogP contribution in [-0.4, -0.2) is 29.1 Å². The van der Waals surface area contributed by atoms with Crippen LogP contribution in [0.5, 0.6) is 0 Å². The second kappa shape index (κ2) is 4.97. The molecule has 0 spiro atoms. The molecule has 0 aliphatic carbocycles. The molecular formula is C14H28N2O. The highest BCUT2D eigenvalue weighted by atomic mass is 16.2. The summed E-state index contributed by atoms with van der Waals surface area (Å²) < 4.78 is 0. The second-order valence-electron chi connectivity index (χ2n) is 6.49. The van der Waals surface area contributed by atoms with E-state index < -0.39 is 0 Å². The number of hydrogen-bond acceptors (Lipinski definition) is 2. The summed E-state index contributed by atoms with van der Waals surface area (Å²) in [6.45, 7) is 15.1. The second-order valence-corrected chi connectivity index (χ2v) is 6.49. The zero-order valence-corrected chi connectivity index (χ0v) is 12.4. The van der Waals surface area contributed by atoms with E-state index in [4.69, 9.17) is 0 Å². The third-order valence-corrected chi connectivity index (χ3v) is 4.24. The Morgan fingerprint density at radius 1 is 1.35 bits per heavy atom. The lowest BCUT2D eigenvalue weighted by Gasteiger charge is -2.37. The lowest BCUT2D eigenvalue weighted by atomic mass is 9.86. The van der Waals surface area contributed by atoms with Gasteiger partial charge in [-0.25, -0.2) is 0 Å². The van der Waals surface area contributed by atoms with Gasteiger partial charge in [-0.3, -0.25) is 10.1 Å². The summed E-state index contributed by atoms with van der Waals surface area (Å²) in [5, 5.41) is 3.43. The molecule has 1 N–H and O–H groups in total. The van der Waals surface area contributed by atoms with Gasteiger partial charge in [0.2, 0.25) is 5.91 Å². The summed E-state index contributed by atoms with van der Waals surface area (Å²) >= 11 is 0. The summed E-state index contributed by atoms with van der Waals surface area (Å²) in [7, 11) is 0. The molecule has 4 unspecified atom stereocenters. The summed E-state index contributed by atoms with van der Waals surface area (Å²) in [6.07, 6.45) is 1.18. The van der Waals surface area contributed by atoms with Crippen molar-refractivity contribution in [2.75, 3.05) is 0 Å². The number of nitrogens with one attached hydrogen (secondary N) is 1. The van der Waals surface area contributed by atoms with Crippen LogP contribution in [0.3, 0.4) is 0 Å². The van der Waals surface area contributed by atoms with E-state index in [1.807, 2.05) is 4.90 Å². The van der Waals surface area contributed by atoms with Crippen molar-refractivity contribution in [3.05, 3.63) is 0 Å². The minimum Gasteiger partial charge on any atom is -0.323 e. The number of carbonyl (C=O) groups excluding carboxylic acids is 1. The van der Waals surface area contributed by atoms with Crippen LogP contribution in [-0.2, 0) is 4.79 Å². The molecule has 1 saturated heterocycles. The number of nitrogens with zero attached hydrogens (tertiary/aromatic N) is 1. The molecule has 0 radical (unpaired) electrons. The zero-order chi connectivity index (χ0) is 13.4. The fourth-order valence-corrected chi connectivity index (χ4v) is 2.35. The van der Waals surface area contributed by atoms with Gasteiger partial charge in [0.15, 0.2) is 0 Å². The molecule has 4 atom stereocenters. The molecule has 17 heavy (non-hydrogen) atoms. The van der Waals surface area contributed by atoms with E-state index in [-0.39, 0.29) is 29.6 Å². The van der Waals surface area contributed by atoms with Crippen LogP contribution in [0, 0.1) is 11.3 Å². The Morgan fingerprint density at radius 2 is 1.88 bits per heavy atom. The Kier molecular flexibility index (Phi) is 4.23. The lowest BCUT2D eigenvalue weighted by Crippen LogP contribution is -2.47. The van der Waals surface area contributed by atoms with Crippen molar-refractivity contribution in [3.8, 4) is 0 Å². The molecule has 0 saturated carbocycles. The van der Waals surface area contributed by atoms with Gasteiger partial charge in [0, 0.05) is 6.04 Å². The van der Waals surface area contributed by atoms with Crippen molar-refractivity contribution in [1.82, 2.24) is 10.2 Å². The standard InChI is InChI=1S/C14H28N2O/c1-8-9(2)12-13(17)16(11(4)15-12)10(3)14(5,6)7/h9-12,15H,8H2,1-7H3. The predicted octanol–water partition coefficient (Wildman–Crippen LogP) is 2.61. The smallest absolute Gasteiger partial charge is 0.241 e. The first-order chi connectivity index (χ1) is 7.70. The number of rotatable bonds is 3. The van der Waals surface area contributed by atoms with Crippen LogP contribution >= 0.6 is 0 Å². The Morgan fingerprint density at radius 3 is 2.29 bits per heavy atom. The van der Waals surface area contributed by atoms with Gasteiger partial charge in [0.05, 0.1) is 12.2 Å². The Hall–Kier alpha value is -0.570. The topological polar surface area (TPSA) is 32.3 Å². The van der Waals surface area contributed by atoms with Crippen molar-refractivity contribution in [1.29, 1.82) is 0 Å². The molecule has 3 heteroatoms. The first kappa shape index (κ1) is 14.5. The minimum absolute atomic E-state index is 0.000185. The fourth-order valence-electron chi connectivity index (χ4n) is 2.35. The van der Waals surface area contributed by atoms with Gasteiger partial charge in [-0.2, -0.15) is 0 Å². The van der Waals surface area contributed by atoms with Gasteiger partial charge in [-0.05, 0) is 25.2 Å². The van der Waals surface area contributed by atoms with Crippen molar-refractivity contribution < 1.29 is 4.79 Å². The predicted molar refractivity (Wildman–Crippen MR) is 71.6 cm³/mol. The minimum atomic E-state index is -0.000185. The highest BCUT2D eigenvalue weighted by Crippen LogP contribution is 2.29. The van der Waals surface area contributed by atoms with Gasteiger partial charge >= 0.3 is 0 Å². The molecule has 0 bridgehead atoms. The van der Waals surface area contributed by atoms with Crippen LogP contribution in [0.15, 0.2) is 0 Å². The number of carbonyl (C=O) groups is 1. The monoisotopic (exact) mass is 240 g/mol. The molecule has 1 fully saturated rings. The molecule has 0 aromatic heterocycles. The van der Waals surface area contributed by atoms with Crippen LogP contribution < -0.4 is 5.32 Å². The third-order valence-electron chi connectivity index (χ3n) is 4.24. The average molecular weight is 240 g/mol. The molecule has 1 aliphatic heterocycles. The van der Waals surface area contributed by atoms with Crippen molar-refractivity contribution >= 4 is 5.91 Å². The Balaban J connectivity index is 2.86. The number of hydrogen-bond donors (Lipinski definition) is 1. The first-order valence-corrected chi connectivity index (χ1v) is 6.78. The van der Waals surface area contributed by atoms with Crippen LogP contribution in [0.25, 0.3) is 0 Å². The van der Waals surface area contributed by atoms with Gasteiger partial charge in [-0.15, -0.1) is 0 Å². The van der Waals surface area contributed by atoms with Crippen molar-refractivity contribution in [2.24, 2.45) is 11.3 Å². The summed E-state index contributed by atoms with van der Waals surface area (Å²) in [6, 6.07) is 0.256. The van der Waals surface area contributed by atoms with E-state index in [0.717, 1.165) is 6.42 Å². The molecular weight excluding hydrogens is 212 g/mol. The van der Waals surface area contributed by atoms with Gasteiger partial charge in [-0.1, -0.05) is 41.0 Å². The summed E-state index contributed by atoms with van der Waals surface area (Å²) in [5.41, 5.74) is 0.121.